The van der Waals surface area contributed by atoms with Crippen molar-refractivity contribution in [1.82, 2.24) is 4.90 Å². The molecule has 0 aromatic heterocycles. The molecule has 4 aliphatic rings. The summed E-state index contributed by atoms with van der Waals surface area (Å²) < 4.78 is 6.13. The van der Waals surface area contributed by atoms with Gasteiger partial charge in [-0.05, 0) is 98.0 Å². The Bertz CT molecular complexity index is 777. The Labute approximate surface area is 182 Å². The van der Waals surface area contributed by atoms with Crippen molar-refractivity contribution in [3.8, 4) is 5.75 Å². The van der Waals surface area contributed by atoms with Gasteiger partial charge in [0.25, 0.3) is 0 Å². The molecule has 1 heterocycles. The molecule has 2 fully saturated rings. The molecule has 5 atom stereocenters. The predicted molar refractivity (Wildman–Crippen MR) is 123 cm³/mol. The van der Waals surface area contributed by atoms with Gasteiger partial charge in [-0.15, -0.1) is 0 Å². The van der Waals surface area contributed by atoms with Crippen LogP contribution in [0, 0.1) is 17.3 Å². The lowest BCUT2D eigenvalue weighted by Gasteiger charge is -2.50. The number of ether oxygens (including phenoxy) is 1. The highest BCUT2D eigenvalue weighted by Crippen LogP contribution is 2.61. The molecule has 0 radical (unpaired) electrons. The number of benzene rings is 1. The third-order valence-electron chi connectivity index (χ3n) is 9.29. The van der Waals surface area contributed by atoms with Crippen molar-refractivity contribution in [2.45, 2.75) is 71.3 Å². The van der Waals surface area contributed by atoms with Crippen molar-refractivity contribution >= 4 is 5.69 Å². The minimum atomic E-state index is -0.0858. The van der Waals surface area contributed by atoms with E-state index in [-0.39, 0.29) is 11.5 Å². The normalized spacial score (nSPS) is 34.8. The number of nitrogens with zero attached hydrogens (tertiary/aromatic N) is 2. The molecule has 5 rings (SSSR count). The van der Waals surface area contributed by atoms with Crippen molar-refractivity contribution in [2.75, 3.05) is 44.2 Å². The van der Waals surface area contributed by atoms with Gasteiger partial charge in [-0.3, -0.25) is 0 Å². The number of aliphatic hydroxyl groups is 1. The van der Waals surface area contributed by atoms with Gasteiger partial charge in [0.1, 0.15) is 12.4 Å². The highest BCUT2D eigenvalue weighted by molar-refractivity contribution is 5.64. The van der Waals surface area contributed by atoms with Gasteiger partial charge >= 0.3 is 0 Å². The average molecular weight is 413 g/mol. The van der Waals surface area contributed by atoms with Gasteiger partial charge in [0, 0.05) is 13.1 Å². The van der Waals surface area contributed by atoms with Gasteiger partial charge in [0.05, 0.1) is 18.3 Å². The maximum absolute atomic E-state index is 10.7. The van der Waals surface area contributed by atoms with Crippen molar-refractivity contribution < 1.29 is 9.84 Å². The van der Waals surface area contributed by atoms with Crippen LogP contribution in [-0.4, -0.2) is 55.4 Å². The van der Waals surface area contributed by atoms with Crippen molar-refractivity contribution in [3.05, 3.63) is 23.3 Å². The lowest BCUT2D eigenvalue weighted by molar-refractivity contribution is -0.0226. The van der Waals surface area contributed by atoms with E-state index in [9.17, 15) is 5.11 Å². The van der Waals surface area contributed by atoms with Crippen molar-refractivity contribution in [2.24, 2.45) is 17.3 Å². The molecule has 0 bridgehead atoms. The van der Waals surface area contributed by atoms with Gasteiger partial charge in [-0.2, -0.15) is 0 Å². The molecule has 0 unspecified atom stereocenters. The maximum atomic E-state index is 10.7. The molecule has 1 aliphatic heterocycles. The van der Waals surface area contributed by atoms with E-state index in [1.807, 2.05) is 0 Å². The Morgan fingerprint density at radius 1 is 1.17 bits per heavy atom. The van der Waals surface area contributed by atoms with Crippen LogP contribution in [0.3, 0.4) is 0 Å². The van der Waals surface area contributed by atoms with E-state index in [4.69, 9.17) is 4.74 Å². The average Bonchev–Trinajstić information content (AvgIpc) is 3.07. The van der Waals surface area contributed by atoms with Gasteiger partial charge in [-0.25, -0.2) is 0 Å². The fraction of sp³-hybridized carbons (Fsp3) is 0.769. The third-order valence-corrected chi connectivity index (χ3v) is 9.29. The van der Waals surface area contributed by atoms with E-state index in [0.717, 1.165) is 57.4 Å². The second-order valence-electron chi connectivity index (χ2n) is 10.4. The minimum absolute atomic E-state index is 0.0858. The molecule has 166 valence electrons. The zero-order chi connectivity index (χ0) is 20.9. The summed E-state index contributed by atoms with van der Waals surface area (Å²) in [6.45, 7) is 13.1. The van der Waals surface area contributed by atoms with Crippen molar-refractivity contribution in [3.63, 3.8) is 0 Å². The standard InChI is InChI=1S/C26H40N2O2/c1-4-27(5-2)12-13-28-14-15-30-24-16-18-6-7-20-19(21(18)17-23(24)28)10-11-26(3)22(20)8-9-25(26)29/h16-17,19-20,22,25,29H,4-15H2,1-3H3/t19-,20+,22-,25-,26-/m0/s1. The van der Waals surface area contributed by atoms with Gasteiger partial charge < -0.3 is 19.6 Å². The lowest BCUT2D eigenvalue weighted by Crippen LogP contribution is -2.44. The summed E-state index contributed by atoms with van der Waals surface area (Å²) in [5, 5.41) is 10.7. The zero-order valence-corrected chi connectivity index (χ0v) is 19.2. The third kappa shape index (κ3) is 3.26. The van der Waals surface area contributed by atoms with Gasteiger partial charge in [0.2, 0.25) is 0 Å². The van der Waals surface area contributed by atoms with Gasteiger partial charge in [-0.1, -0.05) is 20.8 Å². The van der Waals surface area contributed by atoms with Crippen LogP contribution in [-0.2, 0) is 6.42 Å². The van der Waals surface area contributed by atoms with Crippen LogP contribution in [0.1, 0.15) is 69.9 Å². The molecule has 1 aromatic carbocycles. The number of anilines is 1. The first kappa shape index (κ1) is 20.6. The molecular weight excluding hydrogens is 372 g/mol. The van der Waals surface area contributed by atoms with Crippen LogP contribution in [0.25, 0.3) is 0 Å². The summed E-state index contributed by atoms with van der Waals surface area (Å²) in [5.41, 5.74) is 4.62. The summed E-state index contributed by atoms with van der Waals surface area (Å²) >= 11 is 0. The molecule has 1 N–H and O–H groups in total. The number of fused-ring (bicyclic) bond motifs is 6. The Balaban J connectivity index is 1.42. The molecule has 4 heteroatoms. The Kier molecular flexibility index (Phi) is 5.51. The number of aliphatic hydroxyl groups excluding tert-OH is 1. The second kappa shape index (κ2) is 8.02. The Hall–Kier alpha value is -1.26. The first-order valence-electron chi connectivity index (χ1n) is 12.5. The van der Waals surface area contributed by atoms with Crippen LogP contribution >= 0.6 is 0 Å². The molecule has 0 amide bonds. The highest BCUT2D eigenvalue weighted by Gasteiger charge is 2.54. The molecule has 3 aliphatic carbocycles. The zero-order valence-electron chi connectivity index (χ0n) is 19.2. The molecule has 2 saturated carbocycles. The summed E-state index contributed by atoms with van der Waals surface area (Å²) in [7, 11) is 0. The highest BCUT2D eigenvalue weighted by atomic mass is 16.5. The number of rotatable bonds is 5. The topological polar surface area (TPSA) is 35.9 Å². The summed E-state index contributed by atoms with van der Waals surface area (Å²) in [6, 6.07) is 4.89. The van der Waals surface area contributed by atoms with Crippen molar-refractivity contribution in [1.29, 1.82) is 0 Å². The fourth-order valence-electron chi connectivity index (χ4n) is 7.34. The summed E-state index contributed by atoms with van der Waals surface area (Å²) in [4.78, 5) is 5.07. The van der Waals surface area contributed by atoms with E-state index in [1.165, 1.54) is 43.4 Å². The predicted octanol–water partition coefficient (Wildman–Crippen LogP) is 4.44. The van der Waals surface area contributed by atoms with E-state index in [0.29, 0.717) is 11.8 Å². The fourth-order valence-corrected chi connectivity index (χ4v) is 7.34. The van der Waals surface area contributed by atoms with E-state index in [1.54, 1.807) is 5.56 Å². The molecule has 0 saturated heterocycles. The largest absolute Gasteiger partial charge is 0.490 e. The number of likely N-dealkylation sites (N-methyl/N-ethyl adjacent to an activating group) is 1. The lowest BCUT2D eigenvalue weighted by atomic mass is 9.55. The Morgan fingerprint density at radius 2 is 2.00 bits per heavy atom. The summed E-state index contributed by atoms with van der Waals surface area (Å²) in [6.07, 6.45) is 7.02. The number of hydrogen-bond acceptors (Lipinski definition) is 4. The Morgan fingerprint density at radius 3 is 2.80 bits per heavy atom. The molecule has 1 aromatic rings. The number of aryl methyl sites for hydroxylation is 1. The quantitative estimate of drug-likeness (QED) is 0.775. The SMILES string of the molecule is CCN(CC)CCN1CCOc2cc3c(cc21)[C@H]1CC[C@]2(C)[C@@H](O)CC[C@H]2[C@@H]1CC3. The van der Waals surface area contributed by atoms with E-state index >= 15 is 0 Å². The molecule has 30 heavy (non-hydrogen) atoms. The van der Waals surface area contributed by atoms with Crippen LogP contribution < -0.4 is 9.64 Å². The van der Waals surface area contributed by atoms with Crippen LogP contribution in [0.5, 0.6) is 5.75 Å². The smallest absolute Gasteiger partial charge is 0.142 e. The first-order valence-corrected chi connectivity index (χ1v) is 12.5. The van der Waals surface area contributed by atoms with Crippen LogP contribution in [0.2, 0.25) is 0 Å². The molecular formula is C26H40N2O2. The molecule has 0 spiro atoms. The molecule has 4 nitrogen and oxygen atoms in total. The van der Waals surface area contributed by atoms with E-state index < -0.39 is 0 Å². The van der Waals surface area contributed by atoms with E-state index in [2.05, 4.69) is 42.7 Å². The maximum Gasteiger partial charge on any atom is 0.142 e. The first-order chi connectivity index (χ1) is 14.5. The van der Waals surface area contributed by atoms with Crippen LogP contribution in [0.4, 0.5) is 5.69 Å². The van der Waals surface area contributed by atoms with Crippen LogP contribution in [0.15, 0.2) is 12.1 Å². The number of hydrogen-bond donors (Lipinski definition) is 1. The van der Waals surface area contributed by atoms with Gasteiger partial charge in [0.15, 0.2) is 0 Å². The second-order valence-corrected chi connectivity index (χ2v) is 10.4. The monoisotopic (exact) mass is 412 g/mol. The minimum Gasteiger partial charge on any atom is -0.490 e. The summed E-state index contributed by atoms with van der Waals surface area (Å²) in [5.74, 6) is 3.23.